The quantitative estimate of drug-likeness (QED) is 0.314. The minimum absolute atomic E-state index is 0.159. The lowest BCUT2D eigenvalue weighted by Gasteiger charge is -2.19. The number of carbonyl (C=O) groups is 2. The fraction of sp³-hybridized carbons (Fsp3) is 0.364. The van der Waals surface area contributed by atoms with Crippen molar-refractivity contribution in [3.63, 3.8) is 0 Å². The summed E-state index contributed by atoms with van der Waals surface area (Å²) in [4.78, 5) is 24.3. The van der Waals surface area contributed by atoms with Gasteiger partial charge >= 0.3 is 11.8 Å². The van der Waals surface area contributed by atoms with Gasteiger partial charge in [0.25, 0.3) is 0 Å². The van der Waals surface area contributed by atoms with Crippen molar-refractivity contribution in [3.05, 3.63) is 59.7 Å². The molecule has 0 aliphatic heterocycles. The van der Waals surface area contributed by atoms with Crippen LogP contribution < -0.4 is 10.6 Å². The number of hydrogen-bond acceptors (Lipinski definition) is 6. The average Bonchev–Trinajstić information content (AvgIpc) is 2.75. The largest absolute Gasteiger partial charge is 0.508 e. The third-order valence-corrected chi connectivity index (χ3v) is 4.75. The van der Waals surface area contributed by atoms with E-state index in [1.54, 1.807) is 48.5 Å². The number of aryl methyl sites for hydroxylation is 2. The Morgan fingerprint density at radius 2 is 1.00 bits per heavy atom. The van der Waals surface area contributed by atoms with E-state index in [0.717, 1.165) is 11.1 Å². The summed E-state index contributed by atoms with van der Waals surface area (Å²) in [6, 6.07) is 12.0. The van der Waals surface area contributed by atoms with Gasteiger partial charge in [-0.3, -0.25) is 9.59 Å². The molecule has 0 radical (unpaired) electrons. The lowest BCUT2D eigenvalue weighted by molar-refractivity contribution is -0.140. The Balaban J connectivity index is 1.79. The van der Waals surface area contributed by atoms with Crippen LogP contribution in [0.1, 0.15) is 24.0 Å². The molecule has 8 nitrogen and oxygen atoms in total. The first-order chi connectivity index (χ1) is 14.4. The molecular formula is C22H28N2O6. The van der Waals surface area contributed by atoms with E-state index in [-0.39, 0.29) is 24.7 Å². The van der Waals surface area contributed by atoms with E-state index in [1.165, 1.54) is 0 Å². The molecule has 0 fully saturated rings. The number of aliphatic hydroxyl groups excluding tert-OH is 2. The second kappa shape index (κ2) is 11.8. The Bertz CT molecular complexity index is 738. The summed E-state index contributed by atoms with van der Waals surface area (Å²) in [5, 5.41) is 42.6. The van der Waals surface area contributed by atoms with Gasteiger partial charge in [-0.1, -0.05) is 24.3 Å². The Morgan fingerprint density at radius 1 is 0.667 bits per heavy atom. The van der Waals surface area contributed by atoms with Gasteiger partial charge in [0, 0.05) is 0 Å². The number of benzene rings is 2. The van der Waals surface area contributed by atoms with Crippen LogP contribution in [-0.4, -0.2) is 57.5 Å². The Kier molecular flexibility index (Phi) is 9.11. The molecule has 2 rings (SSSR count). The standard InChI is InChI=1S/C22H28N2O6/c25-13-17(7-1-15-3-9-19(27)10-4-15)23-21(29)22(30)24-18(14-26)8-2-16-5-11-20(28)12-6-16/h3-6,9-12,17-18,25-28H,1-2,7-8,13-14H2,(H,23,29)(H,24,30)/t17-,18-/m0/s1. The van der Waals surface area contributed by atoms with Crippen molar-refractivity contribution in [1.29, 1.82) is 0 Å². The third-order valence-electron chi connectivity index (χ3n) is 4.75. The van der Waals surface area contributed by atoms with E-state index in [2.05, 4.69) is 10.6 Å². The minimum Gasteiger partial charge on any atom is -0.508 e. The first-order valence-electron chi connectivity index (χ1n) is 9.80. The molecule has 0 spiro atoms. The number of hydrogen-bond donors (Lipinski definition) is 6. The molecule has 0 aliphatic carbocycles. The molecule has 30 heavy (non-hydrogen) atoms. The van der Waals surface area contributed by atoms with Crippen LogP contribution in [0.5, 0.6) is 11.5 Å². The molecule has 2 atom stereocenters. The van der Waals surface area contributed by atoms with Crippen LogP contribution in [0.3, 0.4) is 0 Å². The van der Waals surface area contributed by atoms with Crippen LogP contribution in [0.2, 0.25) is 0 Å². The predicted octanol–water partition coefficient (Wildman–Crippen LogP) is 0.617. The number of rotatable bonds is 10. The second-order valence-corrected chi connectivity index (χ2v) is 7.12. The Morgan fingerprint density at radius 3 is 1.30 bits per heavy atom. The molecule has 0 bridgehead atoms. The average molecular weight is 416 g/mol. The molecule has 6 N–H and O–H groups in total. The monoisotopic (exact) mass is 416 g/mol. The number of aliphatic hydroxyl groups is 2. The van der Waals surface area contributed by atoms with Crippen LogP contribution in [-0.2, 0) is 22.4 Å². The first kappa shape index (κ1) is 23.2. The summed E-state index contributed by atoms with van der Waals surface area (Å²) in [5.74, 6) is -1.43. The van der Waals surface area contributed by atoms with Crippen molar-refractivity contribution in [2.75, 3.05) is 13.2 Å². The van der Waals surface area contributed by atoms with Crippen molar-refractivity contribution in [1.82, 2.24) is 10.6 Å². The summed E-state index contributed by atoms with van der Waals surface area (Å²) >= 11 is 0. The van der Waals surface area contributed by atoms with Gasteiger partial charge in [-0.2, -0.15) is 0 Å². The lowest BCUT2D eigenvalue weighted by atomic mass is 10.0. The number of phenolic OH excluding ortho intramolecular Hbond substituents is 2. The smallest absolute Gasteiger partial charge is 0.309 e. The summed E-state index contributed by atoms with van der Waals surface area (Å²) < 4.78 is 0. The maximum absolute atomic E-state index is 12.2. The van der Waals surface area contributed by atoms with Crippen LogP contribution in [0.15, 0.2) is 48.5 Å². The Hall–Kier alpha value is -3.10. The van der Waals surface area contributed by atoms with Gasteiger partial charge in [-0.15, -0.1) is 0 Å². The zero-order chi connectivity index (χ0) is 21.9. The fourth-order valence-corrected chi connectivity index (χ4v) is 2.93. The zero-order valence-corrected chi connectivity index (χ0v) is 16.6. The summed E-state index contributed by atoms with van der Waals surface area (Å²) in [5.41, 5.74) is 1.86. The fourth-order valence-electron chi connectivity index (χ4n) is 2.93. The third kappa shape index (κ3) is 7.73. The highest BCUT2D eigenvalue weighted by molar-refractivity contribution is 6.35. The van der Waals surface area contributed by atoms with E-state index >= 15 is 0 Å². The molecule has 0 saturated carbocycles. The second-order valence-electron chi connectivity index (χ2n) is 7.12. The molecule has 0 aliphatic rings. The molecule has 8 heteroatoms. The Labute approximate surface area is 175 Å². The van der Waals surface area contributed by atoms with Gasteiger partial charge in [0.2, 0.25) is 0 Å². The van der Waals surface area contributed by atoms with Crippen LogP contribution >= 0.6 is 0 Å². The van der Waals surface area contributed by atoms with Gasteiger partial charge in [-0.25, -0.2) is 0 Å². The maximum atomic E-state index is 12.2. The van der Waals surface area contributed by atoms with Gasteiger partial charge in [-0.05, 0) is 61.1 Å². The van der Waals surface area contributed by atoms with Crippen LogP contribution in [0.25, 0.3) is 0 Å². The topological polar surface area (TPSA) is 139 Å². The molecule has 0 aromatic heterocycles. The van der Waals surface area contributed by atoms with Crippen molar-refractivity contribution < 1.29 is 30.0 Å². The zero-order valence-electron chi connectivity index (χ0n) is 16.6. The number of amides is 2. The summed E-state index contributed by atoms with van der Waals surface area (Å²) in [6.45, 7) is -0.636. The highest BCUT2D eigenvalue weighted by Gasteiger charge is 2.21. The molecular weight excluding hydrogens is 388 g/mol. The number of aromatic hydroxyl groups is 2. The van der Waals surface area contributed by atoms with Gasteiger partial charge in [0.05, 0.1) is 25.3 Å². The molecule has 2 aromatic rings. The molecule has 0 saturated heterocycles. The molecule has 0 unspecified atom stereocenters. The number of carbonyl (C=O) groups excluding carboxylic acids is 2. The highest BCUT2D eigenvalue weighted by Crippen LogP contribution is 2.13. The van der Waals surface area contributed by atoms with E-state index in [1.807, 2.05) is 0 Å². The maximum Gasteiger partial charge on any atom is 0.309 e. The van der Waals surface area contributed by atoms with E-state index < -0.39 is 23.9 Å². The van der Waals surface area contributed by atoms with Crippen molar-refractivity contribution in [2.45, 2.75) is 37.8 Å². The van der Waals surface area contributed by atoms with Gasteiger partial charge in [0.15, 0.2) is 0 Å². The molecule has 0 heterocycles. The van der Waals surface area contributed by atoms with Crippen molar-refractivity contribution in [2.24, 2.45) is 0 Å². The van der Waals surface area contributed by atoms with Crippen molar-refractivity contribution in [3.8, 4) is 11.5 Å². The summed E-state index contributed by atoms with van der Waals surface area (Å²) in [6.07, 6.45) is 1.95. The normalized spacial score (nSPS) is 12.7. The SMILES string of the molecule is O=C(N[C@H](CO)CCc1ccc(O)cc1)C(=O)N[C@H](CO)CCc1ccc(O)cc1. The first-order valence-corrected chi connectivity index (χ1v) is 9.80. The number of phenols is 2. The molecule has 2 aromatic carbocycles. The van der Waals surface area contributed by atoms with Crippen molar-refractivity contribution >= 4 is 11.8 Å². The van der Waals surface area contributed by atoms with Crippen LogP contribution in [0, 0.1) is 0 Å². The van der Waals surface area contributed by atoms with E-state index in [9.17, 15) is 30.0 Å². The predicted molar refractivity (Wildman–Crippen MR) is 111 cm³/mol. The minimum atomic E-state index is -0.872. The van der Waals surface area contributed by atoms with Crippen LogP contribution in [0.4, 0.5) is 0 Å². The molecule has 2 amide bonds. The highest BCUT2D eigenvalue weighted by atomic mass is 16.3. The number of nitrogens with one attached hydrogen (secondary N) is 2. The van der Waals surface area contributed by atoms with Gasteiger partial charge < -0.3 is 31.1 Å². The molecule has 162 valence electrons. The summed E-state index contributed by atoms with van der Waals surface area (Å²) in [7, 11) is 0. The van der Waals surface area contributed by atoms with Gasteiger partial charge in [0.1, 0.15) is 11.5 Å². The lowest BCUT2D eigenvalue weighted by Crippen LogP contribution is -2.49. The van der Waals surface area contributed by atoms with E-state index in [0.29, 0.717) is 25.7 Å². The van der Waals surface area contributed by atoms with E-state index in [4.69, 9.17) is 0 Å².